The van der Waals surface area contributed by atoms with Crippen LogP contribution in [0.5, 0.6) is 0 Å². The molecule has 0 aliphatic heterocycles. The number of hydrogen-bond acceptors (Lipinski definition) is 3. The number of rotatable bonds is 5. The van der Waals surface area contributed by atoms with E-state index in [1.54, 1.807) is 13.2 Å². The molecule has 4 nitrogen and oxygen atoms in total. The second kappa shape index (κ2) is 16.1. The second-order valence-corrected chi connectivity index (χ2v) is 7.76. The van der Waals surface area contributed by atoms with Crippen LogP contribution >= 0.6 is 0 Å². The number of carbonyl (C=O) groups is 1. The summed E-state index contributed by atoms with van der Waals surface area (Å²) >= 11 is 0. The van der Waals surface area contributed by atoms with E-state index in [2.05, 4.69) is 30.5 Å². The molecule has 29 heavy (non-hydrogen) atoms. The Morgan fingerprint density at radius 2 is 1.69 bits per heavy atom. The van der Waals surface area contributed by atoms with Crippen molar-refractivity contribution >= 4 is 17.2 Å². The standard InChI is InChI=1S/C9H7NO.C7H14O.C5H10.C3H8O.Cs/c11-6-8-5-7-3-1-2-4-9(7)10-8;1-3-4-7(8-2)5-6-7;1-4-3-5(4)2;1-3-4-2;/h1-6H,(H,10,11);3-6H2,1-2H3;4-5H,3H2,1-2H3;3H2,1-2H3;/q;;;;+1/p-1. The Morgan fingerprint density at radius 1 is 1.14 bits per heavy atom. The van der Waals surface area contributed by atoms with Gasteiger partial charge >= 0.3 is 68.9 Å². The third-order valence-corrected chi connectivity index (χ3v) is 5.36. The molecule has 0 radical (unpaired) electrons. The minimum Gasteiger partial charge on any atom is -0.655 e. The fourth-order valence-corrected chi connectivity index (χ4v) is 2.76. The van der Waals surface area contributed by atoms with Gasteiger partial charge in [-0.05, 0) is 49.8 Å². The molecule has 2 saturated carbocycles. The molecule has 2 unspecified atom stereocenters. The van der Waals surface area contributed by atoms with Gasteiger partial charge in [0, 0.05) is 20.8 Å². The molecular formula is C24H38CsNO3. The third-order valence-electron chi connectivity index (χ3n) is 5.36. The number of fused-ring (bicyclic) bond motifs is 1. The van der Waals surface area contributed by atoms with E-state index in [0.29, 0.717) is 11.3 Å². The van der Waals surface area contributed by atoms with E-state index < -0.39 is 0 Å². The molecule has 2 aliphatic rings. The van der Waals surface area contributed by atoms with Gasteiger partial charge in [-0.3, -0.25) is 4.79 Å². The molecule has 0 saturated heterocycles. The van der Waals surface area contributed by atoms with Gasteiger partial charge in [-0.2, -0.15) is 0 Å². The smallest absolute Gasteiger partial charge is 0.655 e. The van der Waals surface area contributed by atoms with Crippen LogP contribution in [0.2, 0.25) is 0 Å². The second-order valence-electron chi connectivity index (χ2n) is 7.76. The molecule has 1 aromatic heterocycles. The molecule has 0 bridgehead atoms. The average Bonchev–Trinajstić information content (AvgIpc) is 3.59. The average molecular weight is 521 g/mol. The monoisotopic (exact) mass is 521 g/mol. The summed E-state index contributed by atoms with van der Waals surface area (Å²) in [5.41, 5.74) is 1.73. The number of aldehydes is 1. The molecule has 0 N–H and O–H groups in total. The van der Waals surface area contributed by atoms with Crippen LogP contribution in [0.1, 0.15) is 70.3 Å². The molecule has 1 aromatic carbocycles. The number of benzene rings is 1. The molecule has 1 heterocycles. The fourth-order valence-electron chi connectivity index (χ4n) is 2.76. The van der Waals surface area contributed by atoms with Crippen LogP contribution in [0.3, 0.4) is 0 Å². The Morgan fingerprint density at radius 3 is 2.00 bits per heavy atom. The summed E-state index contributed by atoms with van der Waals surface area (Å²) in [6.07, 6.45) is 7.33. The maximum Gasteiger partial charge on any atom is 1.00 e. The number of nitrogens with zero attached hydrogens (tertiary/aromatic N) is 1. The van der Waals surface area contributed by atoms with Crippen molar-refractivity contribution in [2.75, 3.05) is 20.8 Å². The first kappa shape index (κ1) is 29.4. The van der Waals surface area contributed by atoms with Crippen LogP contribution in [0.15, 0.2) is 30.3 Å². The molecule has 2 aromatic rings. The minimum absolute atomic E-state index is 0. The maximum atomic E-state index is 10.3. The van der Waals surface area contributed by atoms with Gasteiger partial charge in [-0.15, -0.1) is 5.52 Å². The Labute approximate surface area is 236 Å². The van der Waals surface area contributed by atoms with Crippen molar-refractivity contribution in [1.82, 2.24) is 4.98 Å². The minimum atomic E-state index is 0. The van der Waals surface area contributed by atoms with Crippen molar-refractivity contribution in [1.29, 1.82) is 0 Å². The van der Waals surface area contributed by atoms with E-state index in [1.165, 1.54) is 32.1 Å². The quantitative estimate of drug-likeness (QED) is 0.568. The zero-order valence-electron chi connectivity index (χ0n) is 19.5. The summed E-state index contributed by atoms with van der Waals surface area (Å²) in [6.45, 7) is 9.58. The molecule has 0 spiro atoms. The number of ether oxygens (including phenoxy) is 2. The van der Waals surface area contributed by atoms with E-state index >= 15 is 0 Å². The number of methoxy groups -OCH3 is 2. The topological polar surface area (TPSA) is 49.6 Å². The summed E-state index contributed by atoms with van der Waals surface area (Å²) in [5, 5.41) is 1.02. The van der Waals surface area contributed by atoms with Crippen LogP contribution in [-0.2, 0) is 9.47 Å². The Balaban J connectivity index is 0.000000385. The molecular weight excluding hydrogens is 483 g/mol. The van der Waals surface area contributed by atoms with Gasteiger partial charge in [0.25, 0.3) is 0 Å². The molecule has 4 rings (SSSR count). The molecule has 0 amide bonds. The number of para-hydroxylation sites is 1. The number of carbonyl (C=O) groups excluding carboxylic acids is 1. The molecule has 2 fully saturated rings. The Hall–Kier alpha value is 0.402. The zero-order chi connectivity index (χ0) is 21.0. The van der Waals surface area contributed by atoms with E-state index in [0.717, 1.165) is 35.6 Å². The van der Waals surface area contributed by atoms with Crippen molar-refractivity contribution in [2.45, 2.75) is 65.4 Å². The molecule has 2 atom stereocenters. The van der Waals surface area contributed by atoms with Crippen LogP contribution in [0, 0.1) is 11.8 Å². The summed E-state index contributed by atoms with van der Waals surface area (Å²) in [7, 11) is 3.50. The van der Waals surface area contributed by atoms with Gasteiger partial charge in [0.2, 0.25) is 0 Å². The SMILES string of the molecule is CC1CC1C.CCCC1(OC)CC1.CCOC.O=Cc1cc2ccccc2[n-]1.[Cs+]. The first-order valence-electron chi connectivity index (χ1n) is 10.5. The van der Waals surface area contributed by atoms with Crippen LogP contribution < -0.4 is 73.9 Å². The van der Waals surface area contributed by atoms with Gasteiger partial charge < -0.3 is 14.5 Å². The van der Waals surface area contributed by atoms with E-state index in [1.807, 2.05) is 38.3 Å². The van der Waals surface area contributed by atoms with Crippen LogP contribution in [0.25, 0.3) is 10.9 Å². The molecule has 158 valence electrons. The van der Waals surface area contributed by atoms with E-state index in [9.17, 15) is 4.79 Å². The summed E-state index contributed by atoms with van der Waals surface area (Å²) in [6, 6.07) is 9.45. The van der Waals surface area contributed by atoms with Crippen molar-refractivity contribution in [3.8, 4) is 0 Å². The Bertz CT molecular complexity index is 641. The largest absolute Gasteiger partial charge is 1.00 e. The summed E-state index contributed by atoms with van der Waals surface area (Å²) in [4.78, 5) is 14.4. The zero-order valence-corrected chi connectivity index (χ0v) is 25.8. The van der Waals surface area contributed by atoms with Gasteiger partial charge in [-0.1, -0.05) is 63.2 Å². The number of hydrogen-bond donors (Lipinski definition) is 0. The normalized spacial score (nSPS) is 19.8. The van der Waals surface area contributed by atoms with Gasteiger partial charge in [0.05, 0.1) is 5.60 Å². The predicted octanol–water partition coefficient (Wildman–Crippen LogP) is 2.89. The van der Waals surface area contributed by atoms with E-state index in [4.69, 9.17) is 4.74 Å². The van der Waals surface area contributed by atoms with Gasteiger partial charge in [0.1, 0.15) is 6.29 Å². The van der Waals surface area contributed by atoms with E-state index in [-0.39, 0.29) is 68.9 Å². The fraction of sp³-hybridized carbons (Fsp3) is 0.625. The number of aromatic nitrogens is 1. The third kappa shape index (κ3) is 12.1. The van der Waals surface area contributed by atoms with Crippen molar-refractivity contribution in [2.24, 2.45) is 11.8 Å². The first-order chi connectivity index (χ1) is 13.4. The van der Waals surface area contributed by atoms with Gasteiger partial charge in [-0.25, -0.2) is 0 Å². The molecule has 2 aliphatic carbocycles. The van der Waals surface area contributed by atoms with Crippen molar-refractivity contribution in [3.05, 3.63) is 36.0 Å². The summed E-state index contributed by atoms with van der Waals surface area (Å²) < 4.78 is 9.83. The van der Waals surface area contributed by atoms with Crippen LogP contribution in [0.4, 0.5) is 0 Å². The molecule has 5 heteroatoms. The van der Waals surface area contributed by atoms with Crippen LogP contribution in [-0.4, -0.2) is 32.7 Å². The summed E-state index contributed by atoms with van der Waals surface area (Å²) in [5.74, 6) is 2.10. The Kier molecular flexibility index (Phi) is 16.3. The predicted molar refractivity (Wildman–Crippen MR) is 117 cm³/mol. The van der Waals surface area contributed by atoms with Gasteiger partial charge in [0.15, 0.2) is 0 Å². The van der Waals surface area contributed by atoms with Crippen molar-refractivity contribution < 1.29 is 83.2 Å². The first-order valence-corrected chi connectivity index (χ1v) is 10.5. The maximum absolute atomic E-state index is 10.3. The van der Waals surface area contributed by atoms with Crippen molar-refractivity contribution in [3.63, 3.8) is 0 Å².